The Hall–Kier alpha value is -1.60. The molecule has 0 unspecified atom stereocenters. The van der Waals surface area contributed by atoms with Gasteiger partial charge < -0.3 is 9.84 Å². The van der Waals surface area contributed by atoms with Crippen LogP contribution in [0.1, 0.15) is 6.92 Å². The van der Waals surface area contributed by atoms with Crippen molar-refractivity contribution in [2.75, 3.05) is 23.0 Å². The summed E-state index contributed by atoms with van der Waals surface area (Å²) in [5.74, 6) is -0.595. The van der Waals surface area contributed by atoms with E-state index in [0.717, 1.165) is 0 Å². The fourth-order valence-corrected chi connectivity index (χ4v) is 4.04. The number of rotatable bonds is 3. The molecule has 7 heteroatoms. The second kappa shape index (κ2) is 5.80. The number of para-hydroxylation sites is 1. The Kier molecular flexibility index (Phi) is 4.29. The van der Waals surface area contributed by atoms with Crippen LogP contribution in [0.15, 0.2) is 30.3 Å². The number of nitrogens with zero attached hydrogens (tertiary/aromatic N) is 1. The highest BCUT2D eigenvalue weighted by atomic mass is 32.2. The third kappa shape index (κ3) is 3.10. The fraction of sp³-hybridized carbons (Fsp3) is 0.462. The molecule has 20 heavy (non-hydrogen) atoms. The van der Waals surface area contributed by atoms with Gasteiger partial charge in [0.1, 0.15) is 0 Å². The van der Waals surface area contributed by atoms with Crippen LogP contribution < -0.4 is 4.90 Å². The number of aliphatic hydroxyl groups excluding tert-OH is 1. The molecule has 2 rings (SSSR count). The monoisotopic (exact) mass is 299 g/mol. The normalized spacial score (nSPS) is 24.3. The summed E-state index contributed by atoms with van der Waals surface area (Å²) in [6.07, 6.45) is -1.76. The second-order valence-electron chi connectivity index (χ2n) is 4.62. The Labute approximate surface area is 117 Å². The maximum Gasteiger partial charge on any atom is 0.414 e. The summed E-state index contributed by atoms with van der Waals surface area (Å²) in [6.45, 7) is 1.85. The van der Waals surface area contributed by atoms with Crippen molar-refractivity contribution in [2.24, 2.45) is 0 Å². The molecule has 1 saturated heterocycles. The smallest absolute Gasteiger partial charge is 0.414 e. The number of carbonyl (C=O) groups is 1. The molecular formula is C13H17NO5S. The molecule has 1 aromatic rings. The van der Waals surface area contributed by atoms with E-state index in [1.807, 2.05) is 0 Å². The van der Waals surface area contributed by atoms with E-state index in [1.165, 1.54) is 4.90 Å². The number of aliphatic hydroxyl groups is 1. The molecule has 0 aromatic heterocycles. The summed E-state index contributed by atoms with van der Waals surface area (Å²) in [6, 6.07) is 7.79. The summed E-state index contributed by atoms with van der Waals surface area (Å²) in [5.41, 5.74) is 0.507. The standard InChI is InChI=1S/C13H17NO5S/c1-2-19-13(16)14(10-6-4-3-5-7-10)11-8-20(17,18)9-12(11)15/h3-7,11-12,15H,2,8-9H2,1H3/t11-,12-/m1/s1. The lowest BCUT2D eigenvalue weighted by Crippen LogP contribution is -2.47. The fourth-order valence-electron chi connectivity index (χ4n) is 2.27. The van der Waals surface area contributed by atoms with E-state index in [0.29, 0.717) is 5.69 Å². The van der Waals surface area contributed by atoms with Crippen molar-refractivity contribution in [3.63, 3.8) is 0 Å². The summed E-state index contributed by atoms with van der Waals surface area (Å²) >= 11 is 0. The quantitative estimate of drug-likeness (QED) is 0.893. The van der Waals surface area contributed by atoms with Gasteiger partial charge in [0.2, 0.25) is 0 Å². The van der Waals surface area contributed by atoms with Gasteiger partial charge in [0.05, 0.1) is 30.3 Å². The van der Waals surface area contributed by atoms with Crippen molar-refractivity contribution in [1.82, 2.24) is 0 Å². The van der Waals surface area contributed by atoms with Gasteiger partial charge in [-0.3, -0.25) is 4.90 Å². The molecule has 110 valence electrons. The Morgan fingerprint density at radius 1 is 1.35 bits per heavy atom. The van der Waals surface area contributed by atoms with Crippen molar-refractivity contribution >= 4 is 21.6 Å². The van der Waals surface area contributed by atoms with E-state index in [1.54, 1.807) is 37.3 Å². The zero-order valence-electron chi connectivity index (χ0n) is 11.1. The first-order chi connectivity index (χ1) is 9.44. The lowest BCUT2D eigenvalue weighted by Gasteiger charge is -2.29. The van der Waals surface area contributed by atoms with E-state index < -0.39 is 28.1 Å². The van der Waals surface area contributed by atoms with E-state index in [9.17, 15) is 18.3 Å². The second-order valence-corrected chi connectivity index (χ2v) is 6.77. The van der Waals surface area contributed by atoms with Crippen molar-refractivity contribution in [1.29, 1.82) is 0 Å². The van der Waals surface area contributed by atoms with Gasteiger partial charge in [-0.25, -0.2) is 13.2 Å². The van der Waals surface area contributed by atoms with E-state index >= 15 is 0 Å². The van der Waals surface area contributed by atoms with Gasteiger partial charge in [-0.2, -0.15) is 0 Å². The van der Waals surface area contributed by atoms with Crippen LogP contribution in [0.25, 0.3) is 0 Å². The van der Waals surface area contributed by atoms with Gasteiger partial charge in [0.25, 0.3) is 0 Å². The lowest BCUT2D eigenvalue weighted by molar-refractivity contribution is 0.141. The number of hydrogen-bond acceptors (Lipinski definition) is 5. The molecule has 0 aliphatic carbocycles. The average molecular weight is 299 g/mol. The number of anilines is 1. The molecule has 2 atom stereocenters. The van der Waals surface area contributed by atoms with Gasteiger partial charge in [-0.1, -0.05) is 18.2 Å². The third-order valence-corrected chi connectivity index (χ3v) is 4.82. The van der Waals surface area contributed by atoms with E-state index in [4.69, 9.17) is 4.74 Å². The van der Waals surface area contributed by atoms with Crippen LogP contribution in [0.4, 0.5) is 10.5 Å². The van der Waals surface area contributed by atoms with Gasteiger partial charge in [0.15, 0.2) is 9.84 Å². The number of hydrogen-bond donors (Lipinski definition) is 1. The number of ether oxygens (including phenoxy) is 1. The zero-order chi connectivity index (χ0) is 14.8. The molecule has 0 bridgehead atoms. The average Bonchev–Trinajstić information content (AvgIpc) is 2.65. The lowest BCUT2D eigenvalue weighted by atomic mass is 10.1. The molecule has 0 spiro atoms. The minimum absolute atomic E-state index is 0.178. The molecule has 0 radical (unpaired) electrons. The Morgan fingerprint density at radius 3 is 2.50 bits per heavy atom. The van der Waals surface area contributed by atoms with Crippen LogP contribution in [-0.2, 0) is 14.6 Å². The summed E-state index contributed by atoms with van der Waals surface area (Å²) in [7, 11) is -3.35. The number of amides is 1. The van der Waals surface area contributed by atoms with Crippen molar-refractivity contribution in [3.8, 4) is 0 Å². The Morgan fingerprint density at radius 2 is 2.00 bits per heavy atom. The molecule has 1 N–H and O–H groups in total. The minimum Gasteiger partial charge on any atom is -0.449 e. The largest absolute Gasteiger partial charge is 0.449 e. The first-order valence-corrected chi connectivity index (χ1v) is 8.16. The van der Waals surface area contributed by atoms with E-state index in [-0.39, 0.29) is 18.1 Å². The van der Waals surface area contributed by atoms with Crippen LogP contribution >= 0.6 is 0 Å². The van der Waals surface area contributed by atoms with Crippen LogP contribution in [0, 0.1) is 0 Å². The van der Waals surface area contributed by atoms with Crippen molar-refractivity contribution in [2.45, 2.75) is 19.1 Å². The first kappa shape index (κ1) is 14.8. The molecule has 1 fully saturated rings. The molecule has 6 nitrogen and oxygen atoms in total. The van der Waals surface area contributed by atoms with Gasteiger partial charge >= 0.3 is 6.09 Å². The molecule has 1 aliphatic rings. The van der Waals surface area contributed by atoms with Gasteiger partial charge in [-0.15, -0.1) is 0 Å². The van der Waals surface area contributed by atoms with Crippen LogP contribution in [0.3, 0.4) is 0 Å². The predicted molar refractivity (Wildman–Crippen MR) is 74.4 cm³/mol. The number of sulfone groups is 1. The summed E-state index contributed by atoms with van der Waals surface area (Å²) in [4.78, 5) is 13.3. The van der Waals surface area contributed by atoms with Gasteiger partial charge in [-0.05, 0) is 19.1 Å². The summed E-state index contributed by atoms with van der Waals surface area (Å²) < 4.78 is 28.2. The highest BCUT2D eigenvalue weighted by Crippen LogP contribution is 2.25. The highest BCUT2D eigenvalue weighted by Gasteiger charge is 2.43. The van der Waals surface area contributed by atoms with E-state index in [2.05, 4.69) is 0 Å². The first-order valence-electron chi connectivity index (χ1n) is 6.34. The SMILES string of the molecule is CCOC(=O)N(c1ccccc1)[C@@H]1CS(=O)(=O)C[C@H]1O. The molecule has 1 aliphatic heterocycles. The summed E-state index contributed by atoms with van der Waals surface area (Å²) in [5, 5.41) is 9.94. The Bertz CT molecular complexity index is 572. The maximum absolute atomic E-state index is 12.1. The molecule has 1 aromatic carbocycles. The third-order valence-electron chi connectivity index (χ3n) is 3.12. The molecule has 1 amide bonds. The van der Waals surface area contributed by atoms with Crippen LogP contribution in [0.5, 0.6) is 0 Å². The Balaban J connectivity index is 2.35. The van der Waals surface area contributed by atoms with Crippen LogP contribution in [-0.4, -0.2) is 49.9 Å². The number of benzene rings is 1. The zero-order valence-corrected chi connectivity index (χ0v) is 11.9. The van der Waals surface area contributed by atoms with Gasteiger partial charge in [0, 0.05) is 5.69 Å². The minimum atomic E-state index is -3.35. The van der Waals surface area contributed by atoms with Crippen LogP contribution in [0.2, 0.25) is 0 Å². The predicted octanol–water partition coefficient (Wildman–Crippen LogP) is 0.807. The highest BCUT2D eigenvalue weighted by molar-refractivity contribution is 7.91. The van der Waals surface area contributed by atoms with Crippen molar-refractivity contribution < 1.29 is 23.1 Å². The molecule has 0 saturated carbocycles. The maximum atomic E-state index is 12.1. The molecular weight excluding hydrogens is 282 g/mol. The number of carbonyl (C=O) groups excluding carboxylic acids is 1. The molecule has 1 heterocycles. The topological polar surface area (TPSA) is 83.9 Å². The van der Waals surface area contributed by atoms with Crippen molar-refractivity contribution in [3.05, 3.63) is 30.3 Å².